The number of aromatic nitrogens is 1. The number of ketones is 1. The van der Waals surface area contributed by atoms with Crippen LogP contribution in [0, 0.1) is 24.2 Å². The summed E-state index contributed by atoms with van der Waals surface area (Å²) in [7, 11) is 0. The number of hydrogen-bond donors (Lipinski definition) is 1. The molecule has 0 aromatic carbocycles. The Kier molecular flexibility index (Phi) is 11.3. The molecule has 1 aromatic rings. The highest BCUT2D eigenvalue weighted by atomic mass is 32.1. The van der Waals surface area contributed by atoms with Gasteiger partial charge in [0.2, 0.25) is 0 Å². The summed E-state index contributed by atoms with van der Waals surface area (Å²) in [5.74, 6) is -0.857. The molecule has 8 heteroatoms. The molecule has 1 N–H and O–H groups in total. The maximum atomic E-state index is 13.3. The van der Waals surface area contributed by atoms with Gasteiger partial charge in [-0.15, -0.1) is 11.3 Å². The Morgan fingerprint density at radius 1 is 1.21 bits per heavy atom. The molecule has 2 aliphatic rings. The molecule has 7 nitrogen and oxygen atoms in total. The van der Waals surface area contributed by atoms with Crippen LogP contribution in [-0.2, 0) is 23.8 Å². The molecular weight excluding hydrogens is 502 g/mol. The number of thiazole rings is 1. The zero-order chi connectivity index (χ0) is 27.9. The van der Waals surface area contributed by atoms with Gasteiger partial charge in [-0.3, -0.25) is 9.59 Å². The Balaban J connectivity index is 1.87. The second-order valence-corrected chi connectivity index (χ2v) is 12.6. The minimum Gasteiger partial charge on any atom is -0.457 e. The predicted octanol–water partition coefficient (Wildman–Crippen LogP) is 6.04. The van der Waals surface area contributed by atoms with E-state index in [1.807, 2.05) is 46.1 Å². The van der Waals surface area contributed by atoms with Crippen molar-refractivity contribution in [3.63, 3.8) is 0 Å². The van der Waals surface area contributed by atoms with Crippen LogP contribution in [-0.4, -0.2) is 53.6 Å². The van der Waals surface area contributed by atoms with Crippen molar-refractivity contribution in [3.8, 4) is 0 Å². The second kappa shape index (κ2) is 14.0. The summed E-state index contributed by atoms with van der Waals surface area (Å²) in [5, 5.41) is 13.9. The zero-order valence-corrected chi connectivity index (χ0v) is 24.6. The number of hydrogen-bond acceptors (Lipinski definition) is 8. The lowest BCUT2D eigenvalue weighted by Gasteiger charge is -2.31. The largest absolute Gasteiger partial charge is 0.457 e. The van der Waals surface area contributed by atoms with E-state index in [9.17, 15) is 14.7 Å². The number of esters is 1. The van der Waals surface area contributed by atoms with E-state index >= 15 is 0 Å². The minimum absolute atomic E-state index is 0.0117. The van der Waals surface area contributed by atoms with Gasteiger partial charge >= 0.3 is 5.97 Å². The molecule has 0 amide bonds. The molecule has 0 aliphatic carbocycles. The number of carbonyl (C=O) groups is 2. The lowest BCUT2D eigenvalue weighted by molar-refractivity contribution is -0.148. The highest BCUT2D eigenvalue weighted by Crippen LogP contribution is 2.32. The van der Waals surface area contributed by atoms with Gasteiger partial charge in [-0.05, 0) is 57.1 Å². The normalized spacial score (nSPS) is 30.6. The van der Waals surface area contributed by atoms with Gasteiger partial charge in [0.25, 0.3) is 0 Å². The van der Waals surface area contributed by atoms with Gasteiger partial charge in [0.1, 0.15) is 11.9 Å². The fourth-order valence-corrected chi connectivity index (χ4v) is 5.81. The van der Waals surface area contributed by atoms with Gasteiger partial charge < -0.3 is 19.3 Å². The highest BCUT2D eigenvalue weighted by Gasteiger charge is 2.37. The average molecular weight is 548 g/mol. The van der Waals surface area contributed by atoms with Gasteiger partial charge in [-0.2, -0.15) is 0 Å². The Labute approximate surface area is 231 Å². The van der Waals surface area contributed by atoms with Gasteiger partial charge in [0.05, 0.1) is 30.0 Å². The molecule has 212 valence electrons. The molecule has 1 saturated heterocycles. The lowest BCUT2D eigenvalue weighted by Crippen LogP contribution is -2.39. The van der Waals surface area contributed by atoms with Gasteiger partial charge in [-0.1, -0.05) is 39.3 Å². The molecule has 4 atom stereocenters. The fourth-order valence-electron chi connectivity index (χ4n) is 5.24. The summed E-state index contributed by atoms with van der Waals surface area (Å²) in [6.45, 7) is 12.7. The molecular formula is C30H45NO6S. The smallest absolute Gasteiger partial charge is 0.306 e. The first-order valence-electron chi connectivity index (χ1n) is 13.9. The van der Waals surface area contributed by atoms with Crippen molar-refractivity contribution in [2.45, 2.75) is 105 Å². The standard InChI is InChI=1S/C30H45NO6S/c1-19-8-7-9-23(17-27-35-14-15-36-27)10-11-25(20(2)16-24-18-38-22(4)31-24)37-26(32)12-13-30(5,6)29(34)21(3)28(19)33/h10,16,18-19,21,25,27-28,33H,7-9,11-15,17H2,1-6H3/b20-16+,23-10+/t19-,21+,25-,28-/m0/s1. The second-order valence-electron chi connectivity index (χ2n) is 11.5. The van der Waals surface area contributed by atoms with Crippen LogP contribution in [0.3, 0.4) is 0 Å². The zero-order valence-electron chi connectivity index (χ0n) is 23.8. The molecule has 0 spiro atoms. The summed E-state index contributed by atoms with van der Waals surface area (Å²) in [6, 6.07) is 0. The van der Waals surface area contributed by atoms with Crippen LogP contribution in [0.1, 0.15) is 90.3 Å². The molecule has 0 unspecified atom stereocenters. The number of carbonyl (C=O) groups excluding carboxylic acids is 2. The monoisotopic (exact) mass is 547 g/mol. The molecule has 0 saturated carbocycles. The van der Waals surface area contributed by atoms with E-state index in [-0.39, 0.29) is 30.4 Å². The summed E-state index contributed by atoms with van der Waals surface area (Å²) in [4.78, 5) is 30.8. The number of aryl methyl sites for hydroxylation is 1. The van der Waals surface area contributed by atoms with Crippen LogP contribution in [0.4, 0.5) is 0 Å². The molecule has 1 aromatic heterocycles. The molecule has 3 heterocycles. The van der Waals surface area contributed by atoms with Gasteiger partial charge in [0, 0.05) is 36.0 Å². The van der Waals surface area contributed by atoms with E-state index in [0.29, 0.717) is 32.5 Å². The number of ether oxygens (including phenoxy) is 3. The van der Waals surface area contributed by atoms with Crippen molar-refractivity contribution in [3.05, 3.63) is 33.3 Å². The Morgan fingerprint density at radius 3 is 2.58 bits per heavy atom. The third-order valence-electron chi connectivity index (χ3n) is 7.82. The molecule has 0 bridgehead atoms. The van der Waals surface area contributed by atoms with Crippen molar-refractivity contribution >= 4 is 29.2 Å². The van der Waals surface area contributed by atoms with Crippen molar-refractivity contribution < 1.29 is 28.9 Å². The predicted molar refractivity (Wildman–Crippen MR) is 150 cm³/mol. The molecule has 38 heavy (non-hydrogen) atoms. The van der Waals surface area contributed by atoms with E-state index in [0.717, 1.165) is 35.5 Å². The van der Waals surface area contributed by atoms with Crippen LogP contribution in [0.25, 0.3) is 6.08 Å². The van der Waals surface area contributed by atoms with Crippen LogP contribution in [0.5, 0.6) is 0 Å². The summed E-state index contributed by atoms with van der Waals surface area (Å²) in [5.41, 5.74) is 2.24. The van der Waals surface area contributed by atoms with E-state index in [4.69, 9.17) is 14.2 Å². The number of aliphatic hydroxyl groups is 1. The Hall–Kier alpha value is -1.87. The quantitative estimate of drug-likeness (QED) is 0.363. The minimum atomic E-state index is -0.733. The van der Waals surface area contributed by atoms with E-state index in [1.165, 1.54) is 5.57 Å². The molecule has 3 rings (SSSR count). The Bertz CT molecular complexity index is 1010. The van der Waals surface area contributed by atoms with Crippen molar-refractivity contribution in [1.29, 1.82) is 0 Å². The first-order valence-corrected chi connectivity index (χ1v) is 14.8. The van der Waals surface area contributed by atoms with Crippen molar-refractivity contribution in [2.75, 3.05) is 13.2 Å². The van der Waals surface area contributed by atoms with E-state index < -0.39 is 23.5 Å². The van der Waals surface area contributed by atoms with Crippen molar-refractivity contribution in [1.82, 2.24) is 4.98 Å². The third-order valence-corrected chi connectivity index (χ3v) is 8.61. The third kappa shape index (κ3) is 8.83. The number of aliphatic hydroxyl groups excluding tert-OH is 1. The van der Waals surface area contributed by atoms with Crippen molar-refractivity contribution in [2.24, 2.45) is 17.3 Å². The van der Waals surface area contributed by atoms with Crippen LogP contribution >= 0.6 is 11.3 Å². The SMILES string of the molecule is C/C(=C\c1csc(C)n1)[C@@H]1C/C=C(/CC2OCCO2)CCC[C@H](C)[C@H](O)[C@@H](C)C(=O)C(C)(C)CCC(=O)O1. The summed E-state index contributed by atoms with van der Waals surface area (Å²) >= 11 is 1.59. The maximum absolute atomic E-state index is 13.3. The van der Waals surface area contributed by atoms with Crippen LogP contribution < -0.4 is 0 Å². The molecule has 1 fully saturated rings. The maximum Gasteiger partial charge on any atom is 0.306 e. The summed E-state index contributed by atoms with van der Waals surface area (Å²) < 4.78 is 17.4. The molecule has 2 aliphatic heterocycles. The first kappa shape index (κ1) is 30.7. The Morgan fingerprint density at radius 2 is 1.92 bits per heavy atom. The number of nitrogens with zero attached hydrogens (tertiary/aromatic N) is 1. The highest BCUT2D eigenvalue weighted by molar-refractivity contribution is 7.09. The number of rotatable bonds is 4. The first-order chi connectivity index (χ1) is 18.0. The van der Waals surface area contributed by atoms with Gasteiger partial charge in [-0.25, -0.2) is 4.98 Å². The fraction of sp³-hybridized carbons (Fsp3) is 0.700. The number of cyclic esters (lactones) is 1. The average Bonchev–Trinajstić information content (AvgIpc) is 3.54. The molecule has 0 radical (unpaired) electrons. The topological polar surface area (TPSA) is 95.0 Å². The summed E-state index contributed by atoms with van der Waals surface area (Å²) in [6.07, 6.45) is 6.94. The van der Waals surface area contributed by atoms with Gasteiger partial charge in [0.15, 0.2) is 6.29 Å². The van der Waals surface area contributed by atoms with E-state index in [1.54, 1.807) is 18.3 Å². The number of Topliss-reactive ketones (excluding diaryl/α,β-unsaturated/α-hetero) is 1. The van der Waals surface area contributed by atoms with E-state index in [2.05, 4.69) is 11.1 Å². The van der Waals surface area contributed by atoms with Crippen LogP contribution in [0.15, 0.2) is 22.6 Å². The lowest BCUT2D eigenvalue weighted by atomic mass is 9.74. The van der Waals surface area contributed by atoms with Crippen LogP contribution in [0.2, 0.25) is 0 Å².